The molecule has 8 heteroatoms. The van der Waals surface area contributed by atoms with Crippen LogP contribution in [0.3, 0.4) is 0 Å². The number of hydrogen-bond acceptors (Lipinski definition) is 5. The highest BCUT2D eigenvalue weighted by atomic mass is 32.2. The van der Waals surface area contributed by atoms with Crippen LogP contribution < -0.4 is 11.1 Å². The van der Waals surface area contributed by atoms with E-state index in [1.165, 1.54) is 11.8 Å². The van der Waals surface area contributed by atoms with E-state index in [9.17, 15) is 9.59 Å². The van der Waals surface area contributed by atoms with Gasteiger partial charge >= 0.3 is 0 Å². The summed E-state index contributed by atoms with van der Waals surface area (Å²) in [7, 11) is 0. The topological polar surface area (TPSA) is 103 Å². The van der Waals surface area contributed by atoms with Crippen molar-refractivity contribution in [2.75, 3.05) is 5.32 Å². The number of hydrogen-bond donors (Lipinski definition) is 2. The molecule has 0 fully saturated rings. The highest BCUT2D eigenvalue weighted by molar-refractivity contribution is 8.00. The van der Waals surface area contributed by atoms with Gasteiger partial charge in [0.25, 0.3) is 0 Å². The molecule has 0 spiro atoms. The maximum absolute atomic E-state index is 12.7. The summed E-state index contributed by atoms with van der Waals surface area (Å²) in [5, 5.41) is 11.8. The lowest BCUT2D eigenvalue weighted by Gasteiger charge is -2.16. The zero-order valence-corrected chi connectivity index (χ0v) is 18.0. The molecule has 1 atom stereocenters. The second-order valence-corrected chi connectivity index (χ2v) is 8.75. The summed E-state index contributed by atoms with van der Waals surface area (Å²) in [5.74, 6) is 0.643. The van der Waals surface area contributed by atoms with Gasteiger partial charge in [-0.15, -0.1) is 10.2 Å². The first kappa shape index (κ1) is 21.9. The van der Waals surface area contributed by atoms with Gasteiger partial charge in [0.1, 0.15) is 5.82 Å². The zero-order valence-electron chi connectivity index (χ0n) is 17.2. The van der Waals surface area contributed by atoms with Crippen molar-refractivity contribution in [1.29, 1.82) is 0 Å². The van der Waals surface area contributed by atoms with Crippen molar-refractivity contribution in [2.24, 2.45) is 11.7 Å². The molecule has 28 heavy (non-hydrogen) atoms. The van der Waals surface area contributed by atoms with Gasteiger partial charge in [0.15, 0.2) is 5.16 Å². The summed E-state index contributed by atoms with van der Waals surface area (Å²) in [6.45, 7) is 10.7. The summed E-state index contributed by atoms with van der Waals surface area (Å²) in [6.07, 6.45) is 0.669. The lowest BCUT2D eigenvalue weighted by Crippen LogP contribution is -2.23. The van der Waals surface area contributed by atoms with Crippen LogP contribution >= 0.6 is 11.8 Å². The molecule has 0 aliphatic heterocycles. The molecule has 0 aliphatic rings. The molecule has 152 valence electrons. The van der Waals surface area contributed by atoms with Gasteiger partial charge in [-0.05, 0) is 43.9 Å². The molecule has 0 unspecified atom stereocenters. The number of nitrogens with zero attached hydrogens (tertiary/aromatic N) is 3. The van der Waals surface area contributed by atoms with Crippen LogP contribution in [0.5, 0.6) is 0 Å². The SMILES string of the molecule is Cc1ccc(C)c(NC(=O)[C@H](C)Sc2nnc(CCC(N)=O)n2CC(C)C)c1. The molecule has 7 nitrogen and oxygen atoms in total. The number of anilines is 1. The van der Waals surface area contributed by atoms with Gasteiger partial charge in [-0.25, -0.2) is 0 Å². The number of thioether (sulfide) groups is 1. The molecular weight excluding hydrogens is 374 g/mol. The number of nitrogens with two attached hydrogens (primary N) is 1. The van der Waals surface area contributed by atoms with Crippen LogP contribution in [0.2, 0.25) is 0 Å². The normalized spacial score (nSPS) is 12.2. The minimum absolute atomic E-state index is 0.0866. The van der Waals surface area contributed by atoms with Gasteiger partial charge in [0, 0.05) is 25.1 Å². The maximum atomic E-state index is 12.7. The summed E-state index contributed by atoms with van der Waals surface area (Å²) >= 11 is 1.37. The Balaban J connectivity index is 2.13. The fourth-order valence-corrected chi connectivity index (χ4v) is 3.57. The van der Waals surface area contributed by atoms with Crippen LogP contribution in [0, 0.1) is 19.8 Å². The third-order valence-electron chi connectivity index (χ3n) is 4.24. The van der Waals surface area contributed by atoms with Crippen LogP contribution in [0.1, 0.15) is 44.1 Å². The van der Waals surface area contributed by atoms with Gasteiger partial charge in [-0.3, -0.25) is 9.59 Å². The van der Waals surface area contributed by atoms with E-state index in [-0.39, 0.29) is 23.5 Å². The first-order valence-electron chi connectivity index (χ1n) is 9.42. The van der Waals surface area contributed by atoms with Gasteiger partial charge in [0.2, 0.25) is 11.8 Å². The molecule has 3 N–H and O–H groups in total. The molecule has 2 aromatic rings. The van der Waals surface area contributed by atoms with Crippen molar-refractivity contribution in [3.63, 3.8) is 0 Å². The van der Waals surface area contributed by atoms with Gasteiger partial charge in [0.05, 0.1) is 5.25 Å². The predicted molar refractivity (Wildman–Crippen MR) is 112 cm³/mol. The standard InChI is InChI=1S/C20H29N5O2S/c1-12(2)11-25-18(9-8-17(21)26)23-24-20(25)28-15(5)19(27)22-16-10-13(3)6-7-14(16)4/h6-7,10,12,15H,8-9,11H2,1-5H3,(H2,21,26)(H,22,27)/t15-/m0/s1. The molecule has 0 saturated heterocycles. The monoisotopic (exact) mass is 403 g/mol. The molecule has 0 saturated carbocycles. The molecule has 1 aromatic heterocycles. The highest BCUT2D eigenvalue weighted by Gasteiger charge is 2.21. The van der Waals surface area contributed by atoms with Crippen LogP contribution in [-0.2, 0) is 22.6 Å². The highest BCUT2D eigenvalue weighted by Crippen LogP contribution is 2.25. The molecule has 0 aliphatic carbocycles. The molecule has 2 rings (SSSR count). The molecular formula is C20H29N5O2S. The average molecular weight is 404 g/mol. The summed E-state index contributed by atoms with van der Waals surface area (Å²) < 4.78 is 1.99. The molecule has 1 aromatic carbocycles. The van der Waals surface area contributed by atoms with Crippen molar-refractivity contribution >= 4 is 29.3 Å². The second kappa shape index (κ2) is 9.73. The Morgan fingerprint density at radius 1 is 1.21 bits per heavy atom. The van der Waals surface area contributed by atoms with E-state index in [1.807, 2.05) is 43.5 Å². The average Bonchev–Trinajstić information content (AvgIpc) is 2.97. The third kappa shape index (κ3) is 6.09. The van der Waals surface area contributed by atoms with Crippen LogP contribution in [0.15, 0.2) is 23.4 Å². The van der Waals surface area contributed by atoms with Crippen molar-refractivity contribution in [3.8, 4) is 0 Å². The lowest BCUT2D eigenvalue weighted by molar-refractivity contribution is -0.118. The number of amides is 2. The van der Waals surface area contributed by atoms with Crippen LogP contribution in [0.25, 0.3) is 0 Å². The number of rotatable bonds is 9. The molecule has 1 heterocycles. The Kier molecular flexibility index (Phi) is 7.62. The first-order chi connectivity index (χ1) is 13.2. The molecule has 0 bridgehead atoms. The fourth-order valence-electron chi connectivity index (χ4n) is 2.69. The number of aromatic nitrogens is 3. The van der Waals surface area contributed by atoms with Crippen LogP contribution in [0.4, 0.5) is 5.69 Å². The quantitative estimate of drug-likeness (QED) is 0.626. The van der Waals surface area contributed by atoms with Crippen molar-refractivity contribution in [3.05, 3.63) is 35.2 Å². The number of carbonyl (C=O) groups is 2. The van der Waals surface area contributed by atoms with Gasteiger partial charge < -0.3 is 15.6 Å². The Morgan fingerprint density at radius 2 is 1.93 bits per heavy atom. The van der Waals surface area contributed by atoms with E-state index in [1.54, 1.807) is 0 Å². The maximum Gasteiger partial charge on any atom is 0.237 e. The Bertz CT molecular complexity index is 847. The van der Waals surface area contributed by atoms with Crippen molar-refractivity contribution < 1.29 is 9.59 Å². The Labute approximate surface area is 170 Å². The Hall–Kier alpha value is -2.35. The second-order valence-electron chi connectivity index (χ2n) is 7.44. The lowest BCUT2D eigenvalue weighted by atomic mass is 10.1. The van der Waals surface area contributed by atoms with E-state index >= 15 is 0 Å². The number of benzene rings is 1. The number of primary amides is 1. The summed E-state index contributed by atoms with van der Waals surface area (Å²) in [6, 6.07) is 5.98. The number of carbonyl (C=O) groups excluding carboxylic acids is 2. The van der Waals surface area contributed by atoms with E-state index in [2.05, 4.69) is 29.4 Å². The Morgan fingerprint density at radius 3 is 2.57 bits per heavy atom. The van der Waals surface area contributed by atoms with E-state index in [4.69, 9.17) is 5.73 Å². The third-order valence-corrected chi connectivity index (χ3v) is 5.32. The largest absolute Gasteiger partial charge is 0.370 e. The minimum Gasteiger partial charge on any atom is -0.370 e. The van der Waals surface area contributed by atoms with Crippen molar-refractivity contribution in [2.45, 2.75) is 64.4 Å². The zero-order chi connectivity index (χ0) is 20.8. The van der Waals surface area contributed by atoms with Crippen LogP contribution in [-0.4, -0.2) is 31.8 Å². The van der Waals surface area contributed by atoms with Crippen molar-refractivity contribution in [1.82, 2.24) is 14.8 Å². The first-order valence-corrected chi connectivity index (χ1v) is 10.3. The predicted octanol–water partition coefficient (Wildman–Crippen LogP) is 3.09. The van der Waals surface area contributed by atoms with Gasteiger partial charge in [-0.2, -0.15) is 0 Å². The van der Waals surface area contributed by atoms with E-state index in [0.29, 0.717) is 17.5 Å². The summed E-state index contributed by atoms with van der Waals surface area (Å²) in [4.78, 5) is 23.8. The van der Waals surface area contributed by atoms with E-state index < -0.39 is 0 Å². The number of nitrogens with one attached hydrogen (secondary N) is 1. The van der Waals surface area contributed by atoms with Gasteiger partial charge in [-0.1, -0.05) is 37.7 Å². The number of aryl methyl sites for hydroxylation is 3. The minimum atomic E-state index is -0.366. The molecule has 2 amide bonds. The van der Waals surface area contributed by atoms with E-state index in [0.717, 1.165) is 29.2 Å². The fraction of sp³-hybridized carbons (Fsp3) is 0.500. The molecule has 0 radical (unpaired) electrons. The summed E-state index contributed by atoms with van der Waals surface area (Å²) in [5.41, 5.74) is 8.20. The smallest absolute Gasteiger partial charge is 0.237 e.